The van der Waals surface area contributed by atoms with Gasteiger partial charge >= 0.3 is 0 Å². The Morgan fingerprint density at radius 1 is 1.23 bits per heavy atom. The summed E-state index contributed by atoms with van der Waals surface area (Å²) in [6, 6.07) is 8.75. The first-order valence-electron chi connectivity index (χ1n) is 10.7. The first kappa shape index (κ1) is 21.4. The molecule has 0 radical (unpaired) electrons. The van der Waals surface area contributed by atoms with Crippen molar-refractivity contribution in [3.05, 3.63) is 40.9 Å². The van der Waals surface area contributed by atoms with Crippen molar-refractivity contribution in [2.45, 2.75) is 44.2 Å². The average molecular weight is 441 g/mol. The Labute approximate surface area is 186 Å². The SMILES string of the molecule is N#C[C@@H]1CCCN1C(=O)[C@@H]1C[C@@H](CC(=O)N2CC=C(c3ccc(Cl)cc3)CC2)C(=O)N1. The number of hydrogen-bond donors (Lipinski definition) is 1. The molecule has 1 aromatic rings. The van der Waals surface area contributed by atoms with Crippen molar-refractivity contribution in [1.82, 2.24) is 15.1 Å². The lowest BCUT2D eigenvalue weighted by molar-refractivity contribution is -0.135. The van der Waals surface area contributed by atoms with Crippen molar-refractivity contribution in [3.8, 4) is 6.07 Å². The molecular formula is C23H25ClN4O3. The Morgan fingerprint density at radius 2 is 2.00 bits per heavy atom. The zero-order valence-corrected chi connectivity index (χ0v) is 18.0. The van der Waals surface area contributed by atoms with E-state index in [2.05, 4.69) is 11.4 Å². The van der Waals surface area contributed by atoms with Gasteiger partial charge in [0.2, 0.25) is 17.7 Å². The van der Waals surface area contributed by atoms with Crippen molar-refractivity contribution < 1.29 is 14.4 Å². The van der Waals surface area contributed by atoms with Crippen LogP contribution in [0.1, 0.15) is 37.7 Å². The molecule has 4 rings (SSSR count). The zero-order chi connectivity index (χ0) is 22.0. The van der Waals surface area contributed by atoms with Crippen molar-refractivity contribution in [2.24, 2.45) is 5.92 Å². The number of likely N-dealkylation sites (tertiary alicyclic amines) is 1. The van der Waals surface area contributed by atoms with Gasteiger partial charge in [0, 0.05) is 37.0 Å². The Kier molecular flexibility index (Phi) is 6.28. The number of halogens is 1. The minimum absolute atomic E-state index is 0.0734. The van der Waals surface area contributed by atoms with Gasteiger partial charge in [-0.2, -0.15) is 5.26 Å². The van der Waals surface area contributed by atoms with Gasteiger partial charge in [-0.1, -0.05) is 29.8 Å². The van der Waals surface area contributed by atoms with Crippen LogP contribution in [0.5, 0.6) is 0 Å². The molecule has 3 atom stereocenters. The number of rotatable bonds is 4. The molecule has 3 aliphatic heterocycles. The maximum atomic E-state index is 12.8. The Bertz CT molecular complexity index is 953. The summed E-state index contributed by atoms with van der Waals surface area (Å²) in [6.45, 7) is 1.65. The van der Waals surface area contributed by atoms with E-state index in [0.717, 1.165) is 18.4 Å². The van der Waals surface area contributed by atoms with Gasteiger partial charge in [-0.05, 0) is 49.0 Å². The third-order valence-corrected chi connectivity index (χ3v) is 6.64. The molecule has 162 valence electrons. The van der Waals surface area contributed by atoms with Gasteiger partial charge in [0.1, 0.15) is 12.1 Å². The molecule has 1 aromatic carbocycles. The van der Waals surface area contributed by atoms with Crippen LogP contribution in [0.2, 0.25) is 5.02 Å². The van der Waals surface area contributed by atoms with Crippen LogP contribution in [0, 0.1) is 17.2 Å². The molecule has 2 fully saturated rings. The average Bonchev–Trinajstić information content (AvgIpc) is 3.40. The number of nitrogens with one attached hydrogen (secondary N) is 1. The number of benzene rings is 1. The molecule has 31 heavy (non-hydrogen) atoms. The Balaban J connectivity index is 1.32. The van der Waals surface area contributed by atoms with E-state index in [1.165, 1.54) is 5.57 Å². The topological polar surface area (TPSA) is 93.5 Å². The van der Waals surface area contributed by atoms with Gasteiger partial charge in [-0.25, -0.2) is 0 Å². The van der Waals surface area contributed by atoms with Crippen LogP contribution in [0.4, 0.5) is 0 Å². The largest absolute Gasteiger partial charge is 0.344 e. The van der Waals surface area contributed by atoms with E-state index in [4.69, 9.17) is 11.6 Å². The van der Waals surface area contributed by atoms with Gasteiger partial charge < -0.3 is 15.1 Å². The Hall–Kier alpha value is -2.85. The van der Waals surface area contributed by atoms with Crippen LogP contribution in [0.25, 0.3) is 5.57 Å². The molecule has 3 amide bonds. The van der Waals surface area contributed by atoms with Crippen LogP contribution >= 0.6 is 11.6 Å². The van der Waals surface area contributed by atoms with Gasteiger partial charge in [0.05, 0.1) is 6.07 Å². The van der Waals surface area contributed by atoms with E-state index in [1.807, 2.05) is 30.3 Å². The van der Waals surface area contributed by atoms with Gasteiger partial charge in [0.15, 0.2) is 0 Å². The van der Waals surface area contributed by atoms with Gasteiger partial charge in [-0.15, -0.1) is 0 Å². The number of hydrogen-bond acceptors (Lipinski definition) is 4. The van der Waals surface area contributed by atoms with Crippen LogP contribution in [-0.2, 0) is 14.4 Å². The molecule has 3 heterocycles. The predicted molar refractivity (Wildman–Crippen MR) is 116 cm³/mol. The normalized spacial score (nSPS) is 25.7. The zero-order valence-electron chi connectivity index (χ0n) is 17.2. The summed E-state index contributed by atoms with van der Waals surface area (Å²) in [6.07, 6.45) is 4.66. The molecular weight excluding hydrogens is 416 g/mol. The van der Waals surface area contributed by atoms with Crippen LogP contribution < -0.4 is 5.32 Å². The summed E-state index contributed by atoms with van der Waals surface area (Å²) in [7, 11) is 0. The van der Waals surface area contributed by atoms with E-state index in [-0.39, 0.29) is 24.1 Å². The molecule has 0 aromatic heterocycles. The summed E-state index contributed by atoms with van der Waals surface area (Å²) in [5.74, 6) is -1.04. The first-order valence-corrected chi connectivity index (χ1v) is 11.1. The van der Waals surface area contributed by atoms with Gasteiger partial charge in [-0.3, -0.25) is 14.4 Å². The smallest absolute Gasteiger partial charge is 0.246 e. The first-order chi connectivity index (χ1) is 15.0. The number of nitriles is 1. The van der Waals surface area contributed by atoms with Crippen molar-refractivity contribution in [2.75, 3.05) is 19.6 Å². The summed E-state index contributed by atoms with van der Waals surface area (Å²) < 4.78 is 0. The fourth-order valence-corrected chi connectivity index (χ4v) is 4.73. The molecule has 7 nitrogen and oxygen atoms in total. The highest BCUT2D eigenvalue weighted by Crippen LogP contribution is 2.27. The minimum atomic E-state index is -0.642. The maximum absolute atomic E-state index is 12.8. The molecule has 8 heteroatoms. The van der Waals surface area contributed by atoms with Crippen LogP contribution in [0.15, 0.2) is 30.3 Å². The van der Waals surface area contributed by atoms with E-state index < -0.39 is 18.0 Å². The fraction of sp³-hybridized carbons (Fsp3) is 0.478. The quantitative estimate of drug-likeness (QED) is 0.777. The second-order valence-electron chi connectivity index (χ2n) is 8.34. The Morgan fingerprint density at radius 3 is 2.68 bits per heavy atom. The molecule has 1 N–H and O–H groups in total. The number of carbonyl (C=O) groups is 3. The number of nitrogens with zero attached hydrogens (tertiary/aromatic N) is 3. The summed E-state index contributed by atoms with van der Waals surface area (Å²) in [4.78, 5) is 41.2. The van der Waals surface area contributed by atoms with Crippen LogP contribution in [0.3, 0.4) is 0 Å². The molecule has 0 aliphatic carbocycles. The lowest BCUT2D eigenvalue weighted by Gasteiger charge is -2.27. The second-order valence-corrected chi connectivity index (χ2v) is 8.78. The van der Waals surface area contributed by atoms with E-state index in [9.17, 15) is 19.6 Å². The number of amides is 3. The molecule has 0 unspecified atom stereocenters. The molecule has 0 saturated carbocycles. The van der Waals surface area contributed by atoms with Crippen molar-refractivity contribution in [1.29, 1.82) is 5.26 Å². The van der Waals surface area contributed by atoms with Crippen molar-refractivity contribution >= 4 is 34.9 Å². The summed E-state index contributed by atoms with van der Waals surface area (Å²) in [5.41, 5.74) is 2.29. The van der Waals surface area contributed by atoms with E-state index in [0.29, 0.717) is 37.5 Å². The molecule has 2 saturated heterocycles. The highest BCUT2D eigenvalue weighted by Gasteiger charge is 2.41. The predicted octanol–water partition coefficient (Wildman–Crippen LogP) is 2.37. The fourth-order valence-electron chi connectivity index (χ4n) is 4.61. The highest BCUT2D eigenvalue weighted by atomic mass is 35.5. The second kappa shape index (κ2) is 9.11. The van der Waals surface area contributed by atoms with Gasteiger partial charge in [0.25, 0.3) is 0 Å². The molecule has 0 spiro atoms. The van der Waals surface area contributed by atoms with E-state index >= 15 is 0 Å². The van der Waals surface area contributed by atoms with E-state index in [1.54, 1.807) is 9.80 Å². The standard InChI is InChI=1S/C23H25ClN4O3/c24-18-5-3-15(4-6-18)16-7-10-27(11-8-16)21(29)13-17-12-20(26-22(17)30)23(31)28-9-1-2-19(28)14-25/h3-7,17,19-20H,1-2,8-13H2,(H,26,30)/t17-,19-,20-/m0/s1. The lowest BCUT2D eigenvalue weighted by atomic mass is 9.97. The van der Waals surface area contributed by atoms with Crippen LogP contribution in [-0.4, -0.2) is 59.2 Å². The molecule has 0 bridgehead atoms. The highest BCUT2D eigenvalue weighted by molar-refractivity contribution is 6.30. The number of carbonyl (C=O) groups excluding carboxylic acids is 3. The maximum Gasteiger partial charge on any atom is 0.246 e. The summed E-state index contributed by atoms with van der Waals surface area (Å²) in [5, 5.41) is 12.6. The van der Waals surface area contributed by atoms with Crippen molar-refractivity contribution in [3.63, 3.8) is 0 Å². The monoisotopic (exact) mass is 440 g/mol. The third-order valence-electron chi connectivity index (χ3n) is 6.39. The lowest BCUT2D eigenvalue weighted by Crippen LogP contribution is -2.46. The minimum Gasteiger partial charge on any atom is -0.344 e. The molecule has 3 aliphatic rings. The summed E-state index contributed by atoms with van der Waals surface area (Å²) >= 11 is 5.95. The third kappa shape index (κ3) is 4.59.